The van der Waals surface area contributed by atoms with Gasteiger partial charge >= 0.3 is 76.5 Å². The molecule has 0 unspecified atom stereocenters. The van der Waals surface area contributed by atoms with Crippen molar-refractivity contribution in [1.29, 1.82) is 0 Å². The third-order valence-corrected chi connectivity index (χ3v) is 2.76. The van der Waals surface area contributed by atoms with E-state index in [1.54, 1.807) is 0 Å². The van der Waals surface area contributed by atoms with E-state index in [1.165, 1.54) is 0 Å². The predicted octanol–water partition coefficient (Wildman–Crippen LogP) is -4.16. The van der Waals surface area contributed by atoms with Crippen LogP contribution in [0, 0.1) is 5.41 Å². The smallest absolute Gasteiger partial charge is 1.00 e. The van der Waals surface area contributed by atoms with E-state index in [1.807, 2.05) is 0 Å². The van der Waals surface area contributed by atoms with Crippen LogP contribution in [0.15, 0.2) is 0 Å². The Morgan fingerprint density at radius 3 is 1.22 bits per heavy atom. The molecule has 0 aliphatic rings. The molecule has 0 heterocycles. The van der Waals surface area contributed by atoms with Gasteiger partial charge in [0.25, 0.3) is 0 Å². The van der Waals surface area contributed by atoms with Gasteiger partial charge in [0, 0.05) is 5.41 Å². The molecule has 0 amide bonds. The molecule has 23 heavy (non-hydrogen) atoms. The molecule has 0 saturated carbocycles. The second-order valence-corrected chi connectivity index (χ2v) is 5.19. The van der Waals surface area contributed by atoms with Crippen molar-refractivity contribution in [3.05, 3.63) is 0 Å². The third kappa shape index (κ3) is 12.6. The van der Waals surface area contributed by atoms with E-state index in [2.05, 4.69) is 0 Å². The first-order valence-corrected chi connectivity index (χ1v) is 5.82. The Balaban J connectivity index is -0.000000200. The number of rotatable bonds is 10. The fourth-order valence-corrected chi connectivity index (χ4v) is 2.38. The molecule has 0 saturated heterocycles. The fourth-order valence-electron chi connectivity index (χ4n) is 2.38. The van der Waals surface area contributed by atoms with Crippen LogP contribution in [-0.4, -0.2) is 73.0 Å². The molecule has 0 aromatic heterocycles. The summed E-state index contributed by atoms with van der Waals surface area (Å²) in [6.45, 7) is 0. The minimum absolute atomic E-state index is 0. The molecule has 0 fully saturated rings. The molecular weight excluding hydrogens is 335 g/mol. The first-order chi connectivity index (χ1) is 9.37. The monoisotopic (exact) mass is 356 g/mol. The number of carboxylic acid groups (broad SMARTS) is 4. The van der Waals surface area contributed by atoms with Gasteiger partial charge in [0.2, 0.25) is 0 Å². The van der Waals surface area contributed by atoms with Crippen LogP contribution in [0.4, 0.5) is 0 Å². The number of nitrogens with two attached hydrogens (primary N) is 2. The minimum atomic E-state index is -1.92. The topological polar surface area (TPSA) is 201 Å². The summed E-state index contributed by atoms with van der Waals surface area (Å²) < 4.78 is 0. The van der Waals surface area contributed by atoms with Crippen molar-refractivity contribution < 1.29 is 73.4 Å². The molecule has 0 spiro atoms. The van der Waals surface area contributed by atoms with Crippen molar-refractivity contribution in [2.45, 2.75) is 37.8 Å². The van der Waals surface area contributed by atoms with E-state index in [9.17, 15) is 19.2 Å². The van der Waals surface area contributed by atoms with Gasteiger partial charge in [-0.3, -0.25) is 19.2 Å². The molecule has 0 radical (unpaired) electrons. The maximum Gasteiger partial charge on any atom is 2.00 e. The normalized spacial score (nSPS) is 10.9. The van der Waals surface area contributed by atoms with Gasteiger partial charge in [-0.25, -0.2) is 0 Å². The van der Waals surface area contributed by atoms with Crippen LogP contribution in [-0.2, 0) is 19.2 Å². The molecule has 0 atom stereocenters. The first kappa shape index (κ1) is 27.4. The van der Waals surface area contributed by atoms with Gasteiger partial charge in [-0.05, 0) is 6.42 Å². The van der Waals surface area contributed by atoms with Crippen molar-refractivity contribution in [1.82, 2.24) is 0 Å². The second-order valence-electron chi connectivity index (χ2n) is 5.19. The largest absolute Gasteiger partial charge is 2.00 e. The number of aliphatic carboxylic acids is 4. The van der Waals surface area contributed by atoms with E-state index < -0.39 is 67.1 Å². The molecule has 8 N–H and O–H groups in total. The molecule has 0 aliphatic heterocycles. The van der Waals surface area contributed by atoms with Crippen LogP contribution in [0.25, 0.3) is 0 Å². The summed E-state index contributed by atoms with van der Waals surface area (Å²) in [5, 5.41) is 35.3. The van der Waals surface area contributed by atoms with E-state index >= 15 is 0 Å². The van der Waals surface area contributed by atoms with Crippen LogP contribution in [0.1, 0.15) is 36.4 Å². The average molecular weight is 357 g/mol. The van der Waals surface area contributed by atoms with Crippen LogP contribution >= 0.6 is 0 Å². The molecule has 0 aliphatic carbocycles. The van der Waals surface area contributed by atoms with Crippen molar-refractivity contribution in [3.63, 3.8) is 0 Å². The summed E-state index contributed by atoms with van der Waals surface area (Å²) in [7, 11) is 0. The number of hydrogen-bond donors (Lipinski definition) is 6. The quantitative estimate of drug-likeness (QED) is 0.165. The zero-order valence-corrected chi connectivity index (χ0v) is 16.2. The van der Waals surface area contributed by atoms with E-state index in [4.69, 9.17) is 31.9 Å². The Morgan fingerprint density at radius 1 is 0.739 bits per heavy atom. The molecule has 0 rings (SSSR count). The summed E-state index contributed by atoms with van der Waals surface area (Å²) in [5.74, 6) is -5.65. The fraction of sp³-hybridized carbons (Fsp3) is 0.636. The SMILES string of the molecule is NC(N)(CC(=O)O)CC(CC(=O)O)(CC(=O)O)CC(=O)O.[H-].[H-].[H-].[Mg+2].[Na+]. The van der Waals surface area contributed by atoms with E-state index in [0.29, 0.717) is 0 Å². The molecule has 0 aromatic carbocycles. The first-order valence-electron chi connectivity index (χ1n) is 5.82. The Morgan fingerprint density at radius 2 is 1.00 bits per heavy atom. The van der Waals surface area contributed by atoms with Crippen LogP contribution in [0.5, 0.6) is 0 Å². The average Bonchev–Trinajstić information content (AvgIpc) is 2.07. The van der Waals surface area contributed by atoms with Crippen molar-refractivity contribution in [2.75, 3.05) is 0 Å². The molecule has 126 valence electrons. The van der Waals surface area contributed by atoms with Crippen molar-refractivity contribution in [2.24, 2.45) is 16.9 Å². The Labute approximate surface area is 174 Å². The minimum Gasteiger partial charge on any atom is -1.00 e. The Kier molecular flexibility index (Phi) is 13.3. The Bertz CT molecular complexity index is 430. The van der Waals surface area contributed by atoms with Gasteiger partial charge in [-0.15, -0.1) is 0 Å². The number of carboxylic acids is 4. The van der Waals surface area contributed by atoms with Crippen LogP contribution in [0.3, 0.4) is 0 Å². The third-order valence-electron chi connectivity index (χ3n) is 2.76. The summed E-state index contributed by atoms with van der Waals surface area (Å²) in [5.41, 5.74) is 7.40. The second kappa shape index (κ2) is 11.2. The van der Waals surface area contributed by atoms with Gasteiger partial charge in [0.1, 0.15) is 0 Å². The summed E-state index contributed by atoms with van der Waals surface area (Å²) in [4.78, 5) is 43.4. The summed E-state index contributed by atoms with van der Waals surface area (Å²) in [6.07, 6.45) is -3.74. The molecular formula is C11H21MgN2NaO8. The zero-order valence-electron chi connectivity index (χ0n) is 15.8. The maximum atomic E-state index is 10.9. The van der Waals surface area contributed by atoms with Gasteiger partial charge in [0.15, 0.2) is 0 Å². The van der Waals surface area contributed by atoms with Crippen molar-refractivity contribution >= 4 is 46.9 Å². The zero-order chi connectivity index (χ0) is 16.8. The van der Waals surface area contributed by atoms with Crippen molar-refractivity contribution in [3.8, 4) is 0 Å². The summed E-state index contributed by atoms with van der Waals surface area (Å²) >= 11 is 0. The molecule has 10 nitrogen and oxygen atoms in total. The van der Waals surface area contributed by atoms with E-state index in [-0.39, 0.29) is 56.9 Å². The molecule has 0 aromatic rings. The standard InChI is InChI=1S/C11H18N2O8.Mg.Na.3H/c12-11(13,4-9(20)21)5-10(1-6(14)15,2-7(16)17)3-8(18)19;;;;;/h1-5,12-13H2,(H,14,15)(H,16,17)(H,18,19)(H,20,21);;;;;/q;+2;+1;3*-1. The number of carbonyl (C=O) groups is 4. The van der Waals surface area contributed by atoms with Gasteiger partial charge in [-0.2, -0.15) is 0 Å². The molecule has 0 bridgehead atoms. The van der Waals surface area contributed by atoms with Gasteiger partial charge in [-0.1, -0.05) is 0 Å². The molecule has 12 heteroatoms. The van der Waals surface area contributed by atoms with E-state index in [0.717, 1.165) is 0 Å². The van der Waals surface area contributed by atoms with Gasteiger partial charge in [0.05, 0.1) is 31.3 Å². The number of hydrogen-bond acceptors (Lipinski definition) is 6. The van der Waals surface area contributed by atoms with Crippen LogP contribution in [0.2, 0.25) is 0 Å². The van der Waals surface area contributed by atoms with Gasteiger partial charge < -0.3 is 36.2 Å². The predicted molar refractivity (Wildman–Crippen MR) is 76.3 cm³/mol. The van der Waals surface area contributed by atoms with Crippen LogP contribution < -0.4 is 41.0 Å². The Hall–Kier alpha value is -0.434. The summed E-state index contributed by atoms with van der Waals surface area (Å²) in [6, 6.07) is 0. The maximum absolute atomic E-state index is 10.9.